The number of aliphatic carboxylic acids is 1. The zero-order valence-electron chi connectivity index (χ0n) is 7.16. The Balaban J connectivity index is 0.00000121. The maximum Gasteiger partial charge on any atom is 1.00 e. The van der Waals surface area contributed by atoms with Gasteiger partial charge in [0.15, 0.2) is 0 Å². The number of aryl methyl sites for hydroxylation is 1. The minimum absolute atomic E-state index is 0. The van der Waals surface area contributed by atoms with Gasteiger partial charge in [0.25, 0.3) is 0 Å². The molecular formula is C7H8NNaO2S. The molecule has 0 aromatic carbocycles. The first kappa shape index (κ1) is 12.1. The molecule has 3 nitrogen and oxygen atoms in total. The molecule has 0 saturated heterocycles. The van der Waals surface area contributed by atoms with Crippen molar-refractivity contribution in [2.75, 3.05) is 0 Å². The van der Waals surface area contributed by atoms with Gasteiger partial charge >= 0.3 is 29.6 Å². The Morgan fingerprint density at radius 1 is 1.75 bits per heavy atom. The standard InChI is InChI=1S/C7H9NO2S.Na/c1-2-5-4-11-6(8-5)3-7(9)10;/h4H,2-3H2,1H3,(H,9,10);/q;+1/p-1. The third-order valence-electron chi connectivity index (χ3n) is 1.26. The van der Waals surface area contributed by atoms with Gasteiger partial charge in [-0.2, -0.15) is 0 Å². The quantitative estimate of drug-likeness (QED) is 0.481. The van der Waals surface area contributed by atoms with Gasteiger partial charge < -0.3 is 9.90 Å². The normalized spacial score (nSPS) is 9.08. The number of carboxylic acids is 1. The summed E-state index contributed by atoms with van der Waals surface area (Å²) in [6.45, 7) is 1.98. The third kappa shape index (κ3) is 3.67. The number of nitrogens with zero attached hydrogens (tertiary/aromatic N) is 1. The van der Waals surface area contributed by atoms with Crippen molar-refractivity contribution in [3.05, 3.63) is 16.1 Å². The fourth-order valence-electron chi connectivity index (χ4n) is 0.716. The number of thiazole rings is 1. The van der Waals surface area contributed by atoms with Gasteiger partial charge in [-0.3, -0.25) is 0 Å². The molecule has 0 fully saturated rings. The predicted molar refractivity (Wildman–Crippen MR) is 40.2 cm³/mol. The molecule has 1 aromatic heterocycles. The average Bonchev–Trinajstić information content (AvgIpc) is 2.34. The maximum absolute atomic E-state index is 10.1. The number of hydrogen-bond acceptors (Lipinski definition) is 4. The van der Waals surface area contributed by atoms with Crippen LogP contribution < -0.4 is 34.7 Å². The fraction of sp³-hybridized carbons (Fsp3) is 0.429. The molecule has 0 spiro atoms. The Kier molecular flexibility index (Phi) is 5.74. The summed E-state index contributed by atoms with van der Waals surface area (Å²) in [5, 5.41) is 12.6. The van der Waals surface area contributed by atoms with Crippen molar-refractivity contribution in [3.8, 4) is 0 Å². The van der Waals surface area contributed by atoms with Gasteiger partial charge in [0.1, 0.15) is 0 Å². The summed E-state index contributed by atoms with van der Waals surface area (Å²) >= 11 is 1.37. The molecule has 0 atom stereocenters. The van der Waals surface area contributed by atoms with E-state index in [1.165, 1.54) is 11.3 Å². The van der Waals surface area contributed by atoms with Crippen molar-refractivity contribution < 1.29 is 39.5 Å². The summed E-state index contributed by atoms with van der Waals surface area (Å²) in [7, 11) is 0. The second-order valence-corrected chi connectivity index (χ2v) is 3.08. The van der Waals surface area contributed by atoms with E-state index in [-0.39, 0.29) is 36.0 Å². The third-order valence-corrected chi connectivity index (χ3v) is 2.15. The Labute approximate surface area is 97.1 Å². The van der Waals surface area contributed by atoms with Gasteiger partial charge in [-0.05, 0) is 6.42 Å². The van der Waals surface area contributed by atoms with E-state index in [1.54, 1.807) is 0 Å². The number of carbonyl (C=O) groups excluding carboxylic acids is 1. The first-order valence-corrected chi connectivity index (χ1v) is 4.23. The molecule has 0 saturated carbocycles. The molecule has 0 aliphatic carbocycles. The Morgan fingerprint density at radius 3 is 2.83 bits per heavy atom. The minimum Gasteiger partial charge on any atom is -0.550 e. The molecule has 1 heterocycles. The second-order valence-electron chi connectivity index (χ2n) is 2.13. The molecule has 12 heavy (non-hydrogen) atoms. The van der Waals surface area contributed by atoms with Crippen LogP contribution in [0.4, 0.5) is 0 Å². The van der Waals surface area contributed by atoms with Gasteiger partial charge in [0.2, 0.25) is 0 Å². The zero-order valence-corrected chi connectivity index (χ0v) is 9.98. The van der Waals surface area contributed by atoms with Crippen LogP contribution >= 0.6 is 11.3 Å². The van der Waals surface area contributed by atoms with Crippen molar-refractivity contribution in [1.82, 2.24) is 4.98 Å². The van der Waals surface area contributed by atoms with Crippen LogP contribution in [0.3, 0.4) is 0 Å². The maximum atomic E-state index is 10.1. The summed E-state index contributed by atoms with van der Waals surface area (Å²) in [6, 6.07) is 0. The van der Waals surface area contributed by atoms with Crippen LogP contribution in [0.5, 0.6) is 0 Å². The van der Waals surface area contributed by atoms with E-state index >= 15 is 0 Å². The Bertz CT molecular complexity index is 262. The van der Waals surface area contributed by atoms with Crippen molar-refractivity contribution in [2.45, 2.75) is 19.8 Å². The van der Waals surface area contributed by atoms with Crippen LogP contribution in [0.15, 0.2) is 5.38 Å². The molecule has 0 unspecified atom stereocenters. The van der Waals surface area contributed by atoms with Crippen LogP contribution in [0.1, 0.15) is 17.6 Å². The molecule has 5 heteroatoms. The monoisotopic (exact) mass is 193 g/mol. The van der Waals surface area contributed by atoms with Crippen molar-refractivity contribution >= 4 is 17.3 Å². The summed E-state index contributed by atoms with van der Waals surface area (Å²) in [5.41, 5.74) is 0.950. The van der Waals surface area contributed by atoms with Gasteiger partial charge in [-0.25, -0.2) is 4.98 Å². The number of aromatic nitrogens is 1. The number of carbonyl (C=O) groups is 1. The molecule has 0 N–H and O–H groups in total. The van der Waals surface area contributed by atoms with Crippen LogP contribution in [0.2, 0.25) is 0 Å². The molecule has 0 radical (unpaired) electrons. The molecule has 1 rings (SSSR count). The van der Waals surface area contributed by atoms with Crippen LogP contribution in [0, 0.1) is 0 Å². The number of carboxylic acid groups (broad SMARTS) is 1. The molecule has 0 aliphatic heterocycles. The van der Waals surface area contributed by atoms with Gasteiger partial charge in [0, 0.05) is 17.8 Å². The molecule has 0 bridgehead atoms. The van der Waals surface area contributed by atoms with E-state index in [4.69, 9.17) is 0 Å². The topological polar surface area (TPSA) is 53.0 Å². The van der Waals surface area contributed by atoms with E-state index in [1.807, 2.05) is 12.3 Å². The zero-order chi connectivity index (χ0) is 8.27. The molecule has 1 aromatic rings. The molecule has 0 amide bonds. The molecule has 60 valence electrons. The van der Waals surface area contributed by atoms with E-state index in [0.29, 0.717) is 5.01 Å². The van der Waals surface area contributed by atoms with Crippen molar-refractivity contribution in [3.63, 3.8) is 0 Å². The van der Waals surface area contributed by atoms with E-state index in [2.05, 4.69) is 4.98 Å². The summed E-state index contributed by atoms with van der Waals surface area (Å²) < 4.78 is 0. The Morgan fingerprint density at radius 2 is 2.42 bits per heavy atom. The van der Waals surface area contributed by atoms with Crippen molar-refractivity contribution in [2.24, 2.45) is 0 Å². The van der Waals surface area contributed by atoms with Crippen LogP contribution in [-0.4, -0.2) is 11.0 Å². The van der Waals surface area contributed by atoms with Gasteiger partial charge in [-0.1, -0.05) is 6.92 Å². The number of hydrogen-bond donors (Lipinski definition) is 0. The van der Waals surface area contributed by atoms with E-state index in [0.717, 1.165) is 12.1 Å². The largest absolute Gasteiger partial charge is 1.00 e. The van der Waals surface area contributed by atoms with E-state index < -0.39 is 5.97 Å². The predicted octanol–water partition coefficient (Wildman–Crippen LogP) is -3.00. The van der Waals surface area contributed by atoms with E-state index in [9.17, 15) is 9.90 Å². The number of rotatable bonds is 3. The Hall–Kier alpha value is 0.100. The molecular weight excluding hydrogens is 185 g/mol. The molecule has 0 aliphatic rings. The second kappa shape index (κ2) is 5.70. The van der Waals surface area contributed by atoms with Crippen LogP contribution in [0.25, 0.3) is 0 Å². The van der Waals surface area contributed by atoms with Gasteiger partial charge in [0.05, 0.1) is 10.7 Å². The summed E-state index contributed by atoms with van der Waals surface area (Å²) in [5.74, 6) is -1.07. The SMILES string of the molecule is CCc1csc(CC(=O)[O-])n1.[Na+]. The minimum atomic E-state index is -1.07. The smallest absolute Gasteiger partial charge is 0.550 e. The average molecular weight is 193 g/mol. The van der Waals surface area contributed by atoms with Gasteiger partial charge in [-0.15, -0.1) is 11.3 Å². The van der Waals surface area contributed by atoms with Crippen molar-refractivity contribution in [1.29, 1.82) is 0 Å². The first-order valence-electron chi connectivity index (χ1n) is 3.35. The fourth-order valence-corrected chi connectivity index (χ4v) is 1.58. The van der Waals surface area contributed by atoms with Crippen LogP contribution in [-0.2, 0) is 17.6 Å². The first-order chi connectivity index (χ1) is 5.22. The summed E-state index contributed by atoms with van der Waals surface area (Å²) in [6.07, 6.45) is 0.786. The summed E-state index contributed by atoms with van der Waals surface area (Å²) in [4.78, 5) is 14.2.